The van der Waals surface area contributed by atoms with Crippen LogP contribution in [0.3, 0.4) is 0 Å². The van der Waals surface area contributed by atoms with E-state index in [4.69, 9.17) is 0 Å². The van der Waals surface area contributed by atoms with Gasteiger partial charge in [0.25, 0.3) is 0 Å². The first kappa shape index (κ1) is 18.2. The monoisotopic (exact) mass is 336 g/mol. The van der Waals surface area contributed by atoms with E-state index < -0.39 is 0 Å². The Balaban J connectivity index is 1.42. The molecule has 3 aliphatic heterocycles. The van der Waals surface area contributed by atoms with E-state index in [2.05, 4.69) is 33.6 Å². The summed E-state index contributed by atoms with van der Waals surface area (Å²) in [5.74, 6) is 1.20. The molecule has 0 bridgehead atoms. The highest BCUT2D eigenvalue weighted by atomic mass is 16.2. The highest BCUT2D eigenvalue weighted by molar-refractivity contribution is 5.82. The Morgan fingerprint density at radius 3 is 2.33 bits per heavy atom. The number of likely N-dealkylation sites (N-methyl/N-ethyl adjacent to an activating group) is 1. The van der Waals surface area contributed by atoms with E-state index in [1.54, 1.807) is 0 Å². The molecular weight excluding hydrogens is 300 g/mol. The Morgan fingerprint density at radius 1 is 0.958 bits per heavy atom. The molecule has 0 aromatic heterocycles. The van der Waals surface area contributed by atoms with Crippen LogP contribution in [0.2, 0.25) is 0 Å². The van der Waals surface area contributed by atoms with Crippen molar-refractivity contribution in [1.29, 1.82) is 0 Å². The van der Waals surface area contributed by atoms with E-state index in [0.29, 0.717) is 5.91 Å². The summed E-state index contributed by atoms with van der Waals surface area (Å²) in [6.45, 7) is 12.4. The third-order valence-corrected chi connectivity index (χ3v) is 6.20. The molecule has 5 nitrogen and oxygen atoms in total. The zero-order valence-electron chi connectivity index (χ0n) is 15.8. The van der Waals surface area contributed by atoms with Gasteiger partial charge < -0.3 is 14.7 Å². The predicted molar refractivity (Wildman–Crippen MR) is 98.1 cm³/mol. The topological polar surface area (TPSA) is 30.0 Å². The summed E-state index contributed by atoms with van der Waals surface area (Å²) in [6, 6.07) is 0.180. The Labute approximate surface area is 147 Å². The zero-order chi connectivity index (χ0) is 16.9. The first-order chi connectivity index (χ1) is 11.7. The van der Waals surface area contributed by atoms with Crippen LogP contribution < -0.4 is 0 Å². The van der Waals surface area contributed by atoms with Crippen LogP contribution in [0.1, 0.15) is 39.0 Å². The maximum Gasteiger partial charge on any atom is 0.239 e. The molecule has 3 heterocycles. The van der Waals surface area contributed by atoms with Gasteiger partial charge in [0.05, 0.1) is 6.04 Å². The van der Waals surface area contributed by atoms with Gasteiger partial charge in [0.2, 0.25) is 5.91 Å². The fourth-order valence-corrected chi connectivity index (χ4v) is 4.60. The molecule has 1 amide bonds. The first-order valence-electron chi connectivity index (χ1n) is 10.1. The molecule has 3 rings (SSSR count). The van der Waals surface area contributed by atoms with Crippen molar-refractivity contribution in [2.75, 3.05) is 66.0 Å². The number of hydrogen-bond donors (Lipinski definition) is 0. The molecule has 0 radical (unpaired) electrons. The lowest BCUT2D eigenvalue weighted by Gasteiger charge is -2.39. The van der Waals surface area contributed by atoms with Gasteiger partial charge in [0.1, 0.15) is 0 Å². The predicted octanol–water partition coefficient (Wildman–Crippen LogP) is 1.35. The Bertz CT molecular complexity index is 400. The standard InChI is InChI=1S/C19H36N4O/c1-3-8-22-9-4-5-18(22)19(24)23-10-6-17(7-11-23)16-21-14-12-20(2)13-15-21/h17-18H,3-16H2,1-2H3. The van der Waals surface area contributed by atoms with Crippen LogP contribution in [0.5, 0.6) is 0 Å². The Morgan fingerprint density at radius 2 is 1.67 bits per heavy atom. The molecule has 0 spiro atoms. The highest BCUT2D eigenvalue weighted by Crippen LogP contribution is 2.24. The second-order valence-electron chi connectivity index (χ2n) is 8.07. The molecule has 3 saturated heterocycles. The Hall–Kier alpha value is -0.650. The highest BCUT2D eigenvalue weighted by Gasteiger charge is 2.34. The zero-order valence-corrected chi connectivity index (χ0v) is 15.8. The van der Waals surface area contributed by atoms with Crippen LogP contribution in [-0.2, 0) is 4.79 Å². The van der Waals surface area contributed by atoms with Crippen molar-refractivity contribution in [2.24, 2.45) is 5.92 Å². The third-order valence-electron chi connectivity index (χ3n) is 6.20. The first-order valence-corrected chi connectivity index (χ1v) is 10.1. The molecule has 0 aromatic rings. The van der Waals surface area contributed by atoms with Crippen LogP contribution in [0.15, 0.2) is 0 Å². The number of nitrogens with zero attached hydrogens (tertiary/aromatic N) is 4. The van der Waals surface area contributed by atoms with Gasteiger partial charge in [-0.3, -0.25) is 9.69 Å². The van der Waals surface area contributed by atoms with Gasteiger partial charge >= 0.3 is 0 Å². The molecule has 3 aliphatic rings. The van der Waals surface area contributed by atoms with Crippen molar-refractivity contribution in [1.82, 2.24) is 19.6 Å². The number of piperazine rings is 1. The van der Waals surface area contributed by atoms with Crippen LogP contribution in [-0.4, -0.2) is 97.5 Å². The van der Waals surface area contributed by atoms with E-state index >= 15 is 0 Å². The molecule has 1 atom stereocenters. The average Bonchev–Trinajstić information content (AvgIpc) is 3.06. The molecule has 1 unspecified atom stereocenters. The van der Waals surface area contributed by atoms with Crippen LogP contribution in [0.4, 0.5) is 0 Å². The van der Waals surface area contributed by atoms with Crippen LogP contribution in [0, 0.1) is 5.92 Å². The number of carbonyl (C=O) groups is 1. The SMILES string of the molecule is CCCN1CCCC1C(=O)N1CCC(CN2CCN(C)CC2)CC1. The molecule has 24 heavy (non-hydrogen) atoms. The summed E-state index contributed by atoms with van der Waals surface area (Å²) in [4.78, 5) is 22.5. The Kier molecular flexibility index (Phi) is 6.53. The van der Waals surface area contributed by atoms with Gasteiger partial charge in [-0.1, -0.05) is 6.92 Å². The summed E-state index contributed by atoms with van der Waals surface area (Å²) < 4.78 is 0. The minimum Gasteiger partial charge on any atom is -0.341 e. The smallest absolute Gasteiger partial charge is 0.239 e. The molecule has 0 N–H and O–H groups in total. The lowest BCUT2D eigenvalue weighted by atomic mass is 9.95. The summed E-state index contributed by atoms with van der Waals surface area (Å²) in [5.41, 5.74) is 0. The number of amides is 1. The van der Waals surface area contributed by atoms with Crippen LogP contribution >= 0.6 is 0 Å². The van der Waals surface area contributed by atoms with Crippen molar-refractivity contribution in [3.05, 3.63) is 0 Å². The van der Waals surface area contributed by atoms with Gasteiger partial charge in [-0.2, -0.15) is 0 Å². The second kappa shape index (κ2) is 8.63. The van der Waals surface area contributed by atoms with Crippen molar-refractivity contribution >= 4 is 5.91 Å². The normalized spacial score (nSPS) is 28.6. The van der Waals surface area contributed by atoms with E-state index in [9.17, 15) is 4.79 Å². The van der Waals surface area contributed by atoms with Gasteiger partial charge in [0.15, 0.2) is 0 Å². The molecule has 0 aliphatic carbocycles. The summed E-state index contributed by atoms with van der Waals surface area (Å²) in [7, 11) is 2.21. The molecule has 3 fully saturated rings. The average molecular weight is 337 g/mol. The van der Waals surface area contributed by atoms with E-state index in [1.807, 2.05) is 0 Å². The fourth-order valence-electron chi connectivity index (χ4n) is 4.60. The van der Waals surface area contributed by atoms with Crippen molar-refractivity contribution in [2.45, 2.75) is 45.1 Å². The van der Waals surface area contributed by atoms with E-state index in [0.717, 1.165) is 44.9 Å². The lowest BCUT2D eigenvalue weighted by molar-refractivity contribution is -0.137. The van der Waals surface area contributed by atoms with Crippen molar-refractivity contribution in [3.63, 3.8) is 0 Å². The molecule has 5 heteroatoms. The summed E-state index contributed by atoms with van der Waals surface area (Å²) >= 11 is 0. The van der Waals surface area contributed by atoms with Gasteiger partial charge in [-0.05, 0) is 58.2 Å². The van der Waals surface area contributed by atoms with Gasteiger partial charge in [0, 0.05) is 45.8 Å². The minimum atomic E-state index is 0.180. The molecule has 0 saturated carbocycles. The van der Waals surface area contributed by atoms with Crippen molar-refractivity contribution < 1.29 is 4.79 Å². The van der Waals surface area contributed by atoms with Gasteiger partial charge in [-0.15, -0.1) is 0 Å². The second-order valence-corrected chi connectivity index (χ2v) is 8.07. The lowest BCUT2D eigenvalue weighted by Crippen LogP contribution is -2.50. The largest absolute Gasteiger partial charge is 0.341 e. The third kappa shape index (κ3) is 4.50. The quantitative estimate of drug-likeness (QED) is 0.758. The molecule has 0 aromatic carbocycles. The maximum atomic E-state index is 12.9. The van der Waals surface area contributed by atoms with E-state index in [-0.39, 0.29) is 6.04 Å². The van der Waals surface area contributed by atoms with Crippen molar-refractivity contribution in [3.8, 4) is 0 Å². The van der Waals surface area contributed by atoms with Gasteiger partial charge in [-0.25, -0.2) is 0 Å². The number of carbonyl (C=O) groups excluding carboxylic acids is 1. The van der Waals surface area contributed by atoms with Crippen LogP contribution in [0.25, 0.3) is 0 Å². The summed E-state index contributed by atoms with van der Waals surface area (Å²) in [5, 5.41) is 0. The summed E-state index contributed by atoms with van der Waals surface area (Å²) in [6.07, 6.45) is 5.80. The number of piperidine rings is 1. The maximum absolute atomic E-state index is 12.9. The minimum absolute atomic E-state index is 0.180. The molecular formula is C19H36N4O. The van der Waals surface area contributed by atoms with E-state index in [1.165, 1.54) is 52.0 Å². The number of hydrogen-bond acceptors (Lipinski definition) is 4. The molecule has 138 valence electrons. The number of rotatable bonds is 5. The fraction of sp³-hybridized carbons (Fsp3) is 0.947. The number of likely N-dealkylation sites (tertiary alicyclic amines) is 2.